The fourth-order valence-corrected chi connectivity index (χ4v) is 3.30. The van der Waals surface area contributed by atoms with Gasteiger partial charge in [-0.15, -0.1) is 11.3 Å². The summed E-state index contributed by atoms with van der Waals surface area (Å²) < 4.78 is 20.5. The van der Waals surface area contributed by atoms with Crippen molar-refractivity contribution in [2.24, 2.45) is 0 Å². The molecule has 1 atom stereocenters. The Balaban J connectivity index is 2.17. The monoisotopic (exact) mass is 320 g/mol. The van der Waals surface area contributed by atoms with Gasteiger partial charge in [0.2, 0.25) is 0 Å². The highest BCUT2D eigenvalue weighted by molar-refractivity contribution is 7.79. The molecule has 0 saturated carbocycles. The quantitative estimate of drug-likeness (QED) is 0.697. The Kier molecular flexibility index (Phi) is 3.71. The lowest BCUT2D eigenvalue weighted by Crippen LogP contribution is -2.25. The molecule has 3 rings (SSSR count). The minimum absolute atomic E-state index is 0.108. The molecule has 0 fully saturated rings. The summed E-state index contributed by atoms with van der Waals surface area (Å²) in [7, 11) is 0. The predicted octanol–water partition coefficient (Wildman–Crippen LogP) is 2.63. The van der Waals surface area contributed by atoms with Crippen LogP contribution in [0.2, 0.25) is 0 Å². The Hall–Kier alpha value is -1.83. The molecule has 21 heavy (non-hydrogen) atoms. The van der Waals surface area contributed by atoms with Crippen molar-refractivity contribution in [3.63, 3.8) is 0 Å². The van der Waals surface area contributed by atoms with Crippen LogP contribution in [0.5, 0.6) is 0 Å². The minimum Gasteiger partial charge on any atom is -0.308 e. The molecule has 0 radical (unpaired) electrons. The number of fused-ring (bicyclic) bond motifs is 1. The molecule has 7 heteroatoms. The molecule has 1 aliphatic rings. The van der Waals surface area contributed by atoms with Gasteiger partial charge in [0.25, 0.3) is 5.91 Å². The lowest BCUT2D eigenvalue weighted by atomic mass is 10.1. The average molecular weight is 320 g/mol. The molecule has 108 valence electrons. The third-order valence-electron chi connectivity index (χ3n) is 3.26. The second-order valence-electron chi connectivity index (χ2n) is 4.41. The van der Waals surface area contributed by atoms with Crippen LogP contribution in [0.15, 0.2) is 34.7 Å². The number of aromatic nitrogens is 1. The van der Waals surface area contributed by atoms with Crippen LogP contribution in [0.3, 0.4) is 0 Å². The highest BCUT2D eigenvalue weighted by Crippen LogP contribution is 2.38. The van der Waals surface area contributed by atoms with Crippen LogP contribution in [0, 0.1) is 0 Å². The minimum atomic E-state index is -2.07. The maximum atomic E-state index is 12.5. The third kappa shape index (κ3) is 2.44. The van der Waals surface area contributed by atoms with Crippen molar-refractivity contribution in [2.75, 3.05) is 11.4 Å². The van der Waals surface area contributed by atoms with E-state index in [0.29, 0.717) is 17.7 Å². The SMILES string of the molecule is CCN1C(=O)/C(=C/c2nccs2)c2cc(S(=O)O)ccc21. The van der Waals surface area contributed by atoms with Gasteiger partial charge in [-0.2, -0.15) is 0 Å². The van der Waals surface area contributed by atoms with E-state index in [9.17, 15) is 13.6 Å². The average Bonchev–Trinajstić information content (AvgIpc) is 3.06. The zero-order valence-corrected chi connectivity index (χ0v) is 12.8. The lowest BCUT2D eigenvalue weighted by molar-refractivity contribution is -0.112. The van der Waals surface area contributed by atoms with Crippen LogP contribution < -0.4 is 4.90 Å². The predicted molar refractivity (Wildman–Crippen MR) is 83.5 cm³/mol. The summed E-state index contributed by atoms with van der Waals surface area (Å²) in [5.41, 5.74) is 1.95. The van der Waals surface area contributed by atoms with Crippen LogP contribution in [-0.4, -0.2) is 26.2 Å². The Labute approximate surface area is 128 Å². The molecule has 2 heterocycles. The van der Waals surface area contributed by atoms with Gasteiger partial charge in [-0.1, -0.05) is 0 Å². The van der Waals surface area contributed by atoms with Crippen molar-refractivity contribution in [2.45, 2.75) is 11.8 Å². The molecule has 0 aliphatic carbocycles. The van der Waals surface area contributed by atoms with Gasteiger partial charge >= 0.3 is 0 Å². The van der Waals surface area contributed by atoms with Crippen molar-refractivity contribution in [3.8, 4) is 0 Å². The molecular formula is C14H12N2O3S2. The Morgan fingerprint density at radius 1 is 1.48 bits per heavy atom. The first-order chi connectivity index (χ1) is 10.1. The highest BCUT2D eigenvalue weighted by Gasteiger charge is 2.32. The van der Waals surface area contributed by atoms with E-state index in [1.54, 1.807) is 35.4 Å². The Morgan fingerprint density at radius 3 is 2.90 bits per heavy atom. The number of nitrogens with zero attached hydrogens (tertiary/aromatic N) is 2. The number of carbonyl (C=O) groups is 1. The smallest absolute Gasteiger partial charge is 0.259 e. The normalized spacial score (nSPS) is 17.3. The molecule has 1 aromatic carbocycles. The Bertz CT molecular complexity index is 754. The number of likely N-dealkylation sites (N-methyl/N-ethyl adjacent to an activating group) is 1. The van der Waals surface area contributed by atoms with Gasteiger partial charge in [0.15, 0.2) is 11.1 Å². The van der Waals surface area contributed by atoms with E-state index in [2.05, 4.69) is 4.98 Å². The summed E-state index contributed by atoms with van der Waals surface area (Å²) in [6, 6.07) is 4.87. The van der Waals surface area contributed by atoms with E-state index in [-0.39, 0.29) is 10.8 Å². The molecule has 1 N–H and O–H groups in total. The fourth-order valence-electron chi connectivity index (χ4n) is 2.33. The zero-order valence-electron chi connectivity index (χ0n) is 11.1. The second-order valence-corrected chi connectivity index (χ2v) is 6.30. The molecule has 0 spiro atoms. The molecule has 1 amide bonds. The van der Waals surface area contributed by atoms with E-state index in [1.165, 1.54) is 11.3 Å². The van der Waals surface area contributed by atoms with Crippen LogP contribution in [0.4, 0.5) is 5.69 Å². The lowest BCUT2D eigenvalue weighted by Gasteiger charge is -2.13. The summed E-state index contributed by atoms with van der Waals surface area (Å²) in [5.74, 6) is -0.108. The van der Waals surface area contributed by atoms with Crippen LogP contribution in [0.1, 0.15) is 17.5 Å². The standard InChI is InChI=1S/C14H12N2O3S2/c1-2-16-12-4-3-9(21(18)19)7-10(12)11(14(16)17)8-13-15-5-6-20-13/h3-8H,2H2,1H3,(H,18,19)/b11-8+. The topological polar surface area (TPSA) is 70.5 Å². The van der Waals surface area contributed by atoms with Crippen LogP contribution >= 0.6 is 11.3 Å². The van der Waals surface area contributed by atoms with Crippen molar-refractivity contribution >= 4 is 45.7 Å². The number of amides is 1. The number of carbonyl (C=O) groups excluding carboxylic acids is 1. The van der Waals surface area contributed by atoms with Gasteiger partial charge in [-0.3, -0.25) is 4.79 Å². The van der Waals surface area contributed by atoms with E-state index >= 15 is 0 Å². The van der Waals surface area contributed by atoms with Gasteiger partial charge in [0.05, 0.1) is 16.2 Å². The van der Waals surface area contributed by atoms with Crippen LogP contribution in [0.25, 0.3) is 11.6 Å². The van der Waals surface area contributed by atoms with Gasteiger partial charge in [-0.25, -0.2) is 9.19 Å². The summed E-state index contributed by atoms with van der Waals surface area (Å²) in [5, 5.41) is 2.57. The van der Waals surface area contributed by atoms with Crippen molar-refractivity contribution in [1.82, 2.24) is 4.98 Å². The molecule has 1 aliphatic heterocycles. The first-order valence-electron chi connectivity index (χ1n) is 6.30. The number of benzene rings is 1. The Morgan fingerprint density at radius 2 is 2.29 bits per heavy atom. The number of anilines is 1. The summed E-state index contributed by atoms with van der Waals surface area (Å²) in [4.78, 5) is 18.6. The van der Waals surface area contributed by atoms with Crippen molar-refractivity contribution in [3.05, 3.63) is 40.3 Å². The maximum absolute atomic E-state index is 12.5. The van der Waals surface area contributed by atoms with Crippen molar-refractivity contribution < 1.29 is 13.6 Å². The number of hydrogen-bond donors (Lipinski definition) is 1. The first kappa shape index (κ1) is 14.1. The number of rotatable bonds is 3. The van der Waals surface area contributed by atoms with Gasteiger partial charge < -0.3 is 9.45 Å². The van der Waals surface area contributed by atoms with E-state index in [1.807, 2.05) is 12.3 Å². The molecule has 0 saturated heterocycles. The van der Waals surface area contributed by atoms with Gasteiger partial charge in [0.1, 0.15) is 5.01 Å². The summed E-state index contributed by atoms with van der Waals surface area (Å²) >= 11 is -0.631. The fraction of sp³-hybridized carbons (Fsp3) is 0.143. The maximum Gasteiger partial charge on any atom is 0.259 e. The van der Waals surface area contributed by atoms with Crippen molar-refractivity contribution in [1.29, 1.82) is 0 Å². The summed E-state index contributed by atoms with van der Waals surface area (Å²) in [6.45, 7) is 2.44. The molecule has 1 aromatic heterocycles. The number of hydrogen-bond acceptors (Lipinski definition) is 4. The molecule has 2 aromatic rings. The molecule has 0 bridgehead atoms. The van der Waals surface area contributed by atoms with E-state index in [0.717, 1.165) is 10.7 Å². The van der Waals surface area contributed by atoms with Crippen LogP contribution in [-0.2, 0) is 15.9 Å². The molecular weight excluding hydrogens is 308 g/mol. The van der Waals surface area contributed by atoms with E-state index in [4.69, 9.17) is 0 Å². The first-order valence-corrected chi connectivity index (χ1v) is 8.28. The van der Waals surface area contributed by atoms with E-state index < -0.39 is 11.1 Å². The second kappa shape index (κ2) is 5.51. The number of thiazole rings is 1. The molecule has 1 unspecified atom stereocenters. The largest absolute Gasteiger partial charge is 0.308 e. The van der Waals surface area contributed by atoms with Gasteiger partial charge in [0, 0.05) is 23.7 Å². The highest BCUT2D eigenvalue weighted by atomic mass is 32.2. The van der Waals surface area contributed by atoms with Gasteiger partial charge in [-0.05, 0) is 31.2 Å². The zero-order chi connectivity index (χ0) is 15.0. The molecule has 5 nitrogen and oxygen atoms in total. The summed E-state index contributed by atoms with van der Waals surface area (Å²) in [6.07, 6.45) is 3.40. The third-order valence-corrected chi connectivity index (χ3v) is 4.64.